The fourth-order valence-electron chi connectivity index (χ4n) is 7.11. The molecule has 0 bridgehead atoms. The maximum absolute atomic E-state index is 12.3. The summed E-state index contributed by atoms with van der Waals surface area (Å²) in [5.74, 6) is 3.69. The summed E-state index contributed by atoms with van der Waals surface area (Å²) in [5, 5.41) is 20.2. The van der Waals surface area contributed by atoms with Crippen molar-refractivity contribution in [1.82, 2.24) is 0 Å². The molecule has 7 aromatic carbocycles. The van der Waals surface area contributed by atoms with Gasteiger partial charge < -0.3 is 38.3 Å². The number of carbonyl (C=O) groups is 1. The number of ether oxygens (including phenoxy) is 7. The van der Waals surface area contributed by atoms with Crippen LogP contribution in [0.3, 0.4) is 0 Å². The Morgan fingerprint density at radius 3 is 1.30 bits per heavy atom. The summed E-state index contributed by atoms with van der Waals surface area (Å²) in [5.41, 5.74) is 0.0889. The Labute approximate surface area is 269 Å². The lowest BCUT2D eigenvalue weighted by Crippen LogP contribution is -1.98. The van der Waals surface area contributed by atoms with E-state index in [0.717, 1.165) is 37.7 Å². The predicted molar refractivity (Wildman–Crippen MR) is 184 cm³/mol. The number of benzene rings is 7. The Kier molecular flexibility index (Phi) is 7.12. The van der Waals surface area contributed by atoms with Gasteiger partial charge in [0.1, 0.15) is 34.5 Å². The second kappa shape index (κ2) is 11.2. The van der Waals surface area contributed by atoms with E-state index < -0.39 is 0 Å². The minimum atomic E-state index is -0.180. The zero-order chi connectivity index (χ0) is 33.1. The number of methoxy groups -OCH3 is 7. The lowest BCUT2D eigenvalue weighted by atomic mass is 9.86. The number of phenolic OH excluding ortho intramolecular Hbond substituents is 1. The molecule has 0 radical (unpaired) electrons. The number of rotatable bonds is 8. The fraction of sp³-hybridized carbons (Fsp3) is 0.184. The molecule has 0 heterocycles. The summed E-state index contributed by atoms with van der Waals surface area (Å²) in [6, 6.07) is 16.8. The van der Waals surface area contributed by atoms with Gasteiger partial charge >= 0.3 is 0 Å². The molecular weight excluding hydrogens is 600 g/mol. The molecular formula is C38H32O9. The van der Waals surface area contributed by atoms with Crippen molar-refractivity contribution in [1.29, 1.82) is 0 Å². The molecule has 0 saturated carbocycles. The van der Waals surface area contributed by atoms with Crippen molar-refractivity contribution in [3.05, 3.63) is 60.2 Å². The average Bonchev–Trinajstić information content (AvgIpc) is 3.11. The quantitative estimate of drug-likeness (QED) is 0.131. The Bertz CT molecular complexity index is 2440. The van der Waals surface area contributed by atoms with Crippen molar-refractivity contribution in [2.24, 2.45) is 0 Å². The van der Waals surface area contributed by atoms with Crippen LogP contribution in [-0.2, 0) is 0 Å². The lowest BCUT2D eigenvalue weighted by Gasteiger charge is -2.22. The summed E-state index contributed by atoms with van der Waals surface area (Å²) in [6.07, 6.45) is 0.616. The van der Waals surface area contributed by atoms with Crippen molar-refractivity contribution in [2.45, 2.75) is 0 Å². The summed E-state index contributed by atoms with van der Waals surface area (Å²) < 4.78 is 41.6. The Morgan fingerprint density at radius 2 is 0.830 bits per heavy atom. The van der Waals surface area contributed by atoms with Gasteiger partial charge in [-0.3, -0.25) is 4.79 Å². The van der Waals surface area contributed by atoms with Gasteiger partial charge in [0.05, 0.1) is 55.3 Å². The summed E-state index contributed by atoms with van der Waals surface area (Å²) >= 11 is 0. The van der Waals surface area contributed by atoms with Gasteiger partial charge in [0.2, 0.25) is 0 Å². The van der Waals surface area contributed by atoms with Gasteiger partial charge in [-0.2, -0.15) is 0 Å². The van der Waals surface area contributed by atoms with Crippen molar-refractivity contribution in [2.75, 3.05) is 49.8 Å². The molecule has 0 aliphatic rings. The summed E-state index contributed by atoms with van der Waals surface area (Å²) in [4.78, 5) is 12.3. The molecule has 9 heteroatoms. The fourth-order valence-corrected chi connectivity index (χ4v) is 7.11. The molecule has 0 amide bonds. The van der Waals surface area contributed by atoms with Gasteiger partial charge in [-0.05, 0) is 54.6 Å². The largest absolute Gasteiger partial charge is 0.507 e. The van der Waals surface area contributed by atoms with Crippen LogP contribution in [-0.4, -0.2) is 61.2 Å². The van der Waals surface area contributed by atoms with Crippen molar-refractivity contribution in [3.63, 3.8) is 0 Å². The van der Waals surface area contributed by atoms with Crippen molar-refractivity contribution >= 4 is 70.9 Å². The van der Waals surface area contributed by atoms with E-state index >= 15 is 0 Å². The van der Waals surface area contributed by atoms with E-state index in [1.165, 1.54) is 13.2 Å². The van der Waals surface area contributed by atoms with Crippen LogP contribution in [0.5, 0.6) is 46.0 Å². The van der Waals surface area contributed by atoms with Crippen LogP contribution in [0.25, 0.3) is 64.6 Å². The molecule has 47 heavy (non-hydrogen) atoms. The molecule has 0 aliphatic carbocycles. The monoisotopic (exact) mass is 632 g/mol. The third kappa shape index (κ3) is 3.99. The number of hydrogen-bond donors (Lipinski definition) is 1. The first-order valence-corrected chi connectivity index (χ1v) is 14.7. The Balaban J connectivity index is 1.97. The standard InChI is InChI=1S/C38H32O9/c1-41-25-12-13-26(42-2)30-23(25)15-28(44-4)19-8-10-21-33(31(19)30)34-22(38(47-7)37(21)46-6)11-9-20-29(45-5)16-24-27(43-3)14-18(17-39)36(40)35(24)32(20)34/h8-17,40H,1-7H3. The van der Waals surface area contributed by atoms with E-state index in [1.54, 1.807) is 42.7 Å². The van der Waals surface area contributed by atoms with Gasteiger partial charge in [-0.1, -0.05) is 0 Å². The minimum Gasteiger partial charge on any atom is -0.507 e. The van der Waals surface area contributed by atoms with Crippen LogP contribution in [0.1, 0.15) is 10.4 Å². The number of fused-ring (bicyclic) bond motifs is 11. The minimum absolute atomic E-state index is 0.0889. The number of aromatic hydroxyl groups is 1. The molecule has 0 aromatic heterocycles. The summed E-state index contributed by atoms with van der Waals surface area (Å²) in [7, 11) is 11.2. The van der Waals surface area contributed by atoms with Gasteiger partial charge in [-0.15, -0.1) is 0 Å². The van der Waals surface area contributed by atoms with Gasteiger partial charge in [0.25, 0.3) is 0 Å². The second-order valence-electron chi connectivity index (χ2n) is 11.0. The molecule has 9 nitrogen and oxygen atoms in total. The molecule has 238 valence electrons. The number of aldehydes is 1. The Hall–Kier alpha value is -5.83. The summed E-state index contributed by atoms with van der Waals surface area (Å²) in [6.45, 7) is 0. The van der Waals surface area contributed by atoms with Crippen LogP contribution in [0.15, 0.2) is 54.6 Å². The van der Waals surface area contributed by atoms with Crippen molar-refractivity contribution < 1.29 is 43.1 Å². The van der Waals surface area contributed by atoms with E-state index in [9.17, 15) is 9.90 Å². The average molecular weight is 633 g/mol. The second-order valence-corrected chi connectivity index (χ2v) is 11.0. The maximum atomic E-state index is 12.3. The lowest BCUT2D eigenvalue weighted by molar-refractivity contribution is 0.112. The number of phenols is 1. The van der Waals surface area contributed by atoms with E-state index in [-0.39, 0.29) is 11.3 Å². The number of hydrogen-bond acceptors (Lipinski definition) is 9. The third-order valence-electron chi connectivity index (χ3n) is 9.07. The normalized spacial score (nSPS) is 11.5. The topological polar surface area (TPSA) is 102 Å². The first-order valence-electron chi connectivity index (χ1n) is 14.7. The molecule has 0 aliphatic heterocycles. The van der Waals surface area contributed by atoms with Gasteiger partial charge in [0.15, 0.2) is 17.8 Å². The van der Waals surface area contributed by atoms with Gasteiger partial charge in [0, 0.05) is 64.6 Å². The molecule has 0 fully saturated rings. The van der Waals surface area contributed by atoms with Crippen LogP contribution in [0, 0.1) is 0 Å². The highest BCUT2D eigenvalue weighted by molar-refractivity contribution is 6.39. The number of carbonyl (C=O) groups excluding carboxylic acids is 1. The van der Waals surface area contributed by atoms with E-state index in [2.05, 4.69) is 0 Å². The molecule has 7 rings (SSSR count). The van der Waals surface area contributed by atoms with Crippen molar-refractivity contribution in [3.8, 4) is 46.0 Å². The Morgan fingerprint density at radius 1 is 0.426 bits per heavy atom. The predicted octanol–water partition coefficient (Wildman–Crippen LogP) is 8.18. The molecule has 0 atom stereocenters. The first kappa shape index (κ1) is 29.9. The van der Waals surface area contributed by atoms with Gasteiger partial charge in [-0.25, -0.2) is 0 Å². The van der Waals surface area contributed by atoms with Crippen LogP contribution in [0.4, 0.5) is 0 Å². The highest BCUT2D eigenvalue weighted by Crippen LogP contribution is 2.55. The first-order chi connectivity index (χ1) is 22.9. The van der Waals surface area contributed by atoms with Crippen LogP contribution in [0.2, 0.25) is 0 Å². The molecule has 7 aromatic rings. The molecule has 0 spiro atoms. The highest BCUT2D eigenvalue weighted by atomic mass is 16.5. The molecule has 0 unspecified atom stereocenters. The zero-order valence-corrected chi connectivity index (χ0v) is 27.0. The van der Waals surface area contributed by atoms with E-state index in [1.807, 2.05) is 48.5 Å². The van der Waals surface area contributed by atoms with Crippen LogP contribution < -0.4 is 33.2 Å². The molecule has 0 saturated heterocycles. The smallest absolute Gasteiger partial charge is 0.169 e. The molecule has 1 N–H and O–H groups in total. The third-order valence-corrected chi connectivity index (χ3v) is 9.07. The van der Waals surface area contributed by atoms with E-state index in [4.69, 9.17) is 33.2 Å². The SMILES string of the molecule is COc1ccc(OC)c2c1cc(OC)c1ccc3c(OC)c(OC)c4ccc5c(OC)cc6c(OC)cc(C=O)c(O)c6c5c4c3c12. The van der Waals surface area contributed by atoms with E-state index in [0.29, 0.717) is 73.5 Å². The highest BCUT2D eigenvalue weighted by Gasteiger charge is 2.27. The van der Waals surface area contributed by atoms with Crippen LogP contribution >= 0.6 is 0 Å². The zero-order valence-electron chi connectivity index (χ0n) is 27.0. The maximum Gasteiger partial charge on any atom is 0.169 e.